The van der Waals surface area contributed by atoms with E-state index in [2.05, 4.69) is 32.9 Å². The summed E-state index contributed by atoms with van der Waals surface area (Å²) >= 11 is 0. The molecule has 0 saturated carbocycles. The Bertz CT molecular complexity index is 859. The van der Waals surface area contributed by atoms with E-state index in [9.17, 15) is 29.1 Å². The molecule has 0 spiro atoms. The van der Waals surface area contributed by atoms with Gasteiger partial charge >= 0.3 is 29.8 Å². The summed E-state index contributed by atoms with van der Waals surface area (Å²) in [5.74, 6) is -3.99. The first kappa shape index (κ1) is 34.0. The Balaban J connectivity index is 5.98. The van der Waals surface area contributed by atoms with Crippen LogP contribution >= 0.6 is 0 Å². The van der Waals surface area contributed by atoms with E-state index in [4.69, 9.17) is 28.4 Å². The monoisotopic (exact) mass is 538 g/mol. The number of aliphatic hydroxyl groups excluding tert-OH is 1. The van der Waals surface area contributed by atoms with Crippen molar-refractivity contribution in [2.75, 3.05) is 52.9 Å². The van der Waals surface area contributed by atoms with Gasteiger partial charge < -0.3 is 33.5 Å². The summed E-state index contributed by atoms with van der Waals surface area (Å²) in [4.78, 5) is 58.8. The predicted molar refractivity (Wildman–Crippen MR) is 133 cm³/mol. The summed E-state index contributed by atoms with van der Waals surface area (Å²) in [6.07, 6.45) is 3.61. The maximum Gasteiger partial charge on any atom is 0.333 e. The van der Waals surface area contributed by atoms with Gasteiger partial charge in [-0.2, -0.15) is 0 Å². The fraction of sp³-hybridized carbons (Fsp3) is 0.423. The molecular weight excluding hydrogens is 504 g/mol. The van der Waals surface area contributed by atoms with E-state index in [-0.39, 0.29) is 18.8 Å². The van der Waals surface area contributed by atoms with Crippen molar-refractivity contribution < 1.29 is 57.5 Å². The van der Waals surface area contributed by atoms with Crippen LogP contribution in [0.4, 0.5) is 0 Å². The number of aliphatic hydroxyl groups is 1. The second-order valence-electron chi connectivity index (χ2n) is 8.25. The van der Waals surface area contributed by atoms with Crippen molar-refractivity contribution in [3.05, 3.63) is 62.8 Å². The minimum Gasteiger partial charge on any atom is -0.462 e. The van der Waals surface area contributed by atoms with E-state index < -0.39 is 80.3 Å². The Morgan fingerprint density at radius 1 is 0.605 bits per heavy atom. The van der Waals surface area contributed by atoms with Crippen LogP contribution in [0.3, 0.4) is 0 Å². The van der Waals surface area contributed by atoms with E-state index in [0.29, 0.717) is 0 Å². The lowest BCUT2D eigenvalue weighted by Crippen LogP contribution is -2.46. The molecule has 0 fully saturated rings. The van der Waals surface area contributed by atoms with Crippen LogP contribution in [0.1, 0.15) is 6.92 Å². The summed E-state index contributed by atoms with van der Waals surface area (Å²) in [6, 6.07) is 0. The van der Waals surface area contributed by atoms with Gasteiger partial charge in [0.2, 0.25) is 0 Å². The first-order valence-corrected chi connectivity index (χ1v) is 11.1. The molecule has 12 nitrogen and oxygen atoms in total. The molecule has 0 radical (unpaired) electrons. The van der Waals surface area contributed by atoms with Crippen molar-refractivity contribution in [1.82, 2.24) is 0 Å². The van der Waals surface area contributed by atoms with E-state index in [0.717, 1.165) is 24.3 Å². The third-order valence-corrected chi connectivity index (χ3v) is 4.76. The van der Waals surface area contributed by atoms with Crippen LogP contribution in [-0.4, -0.2) is 87.8 Å². The van der Waals surface area contributed by atoms with Crippen LogP contribution in [-0.2, 0) is 52.4 Å². The Morgan fingerprint density at radius 2 is 0.921 bits per heavy atom. The molecule has 0 aliphatic rings. The third kappa shape index (κ3) is 12.8. The SMILES string of the molecule is C=CC(=O)OCC(COCC(CO)(COC(=O)C=C)COC(=O)C(=C)C)(COC(=O)C=C)COC(=O)C=C. The van der Waals surface area contributed by atoms with Gasteiger partial charge in [-0.1, -0.05) is 32.9 Å². The molecule has 1 N–H and O–H groups in total. The van der Waals surface area contributed by atoms with E-state index in [1.807, 2.05) is 0 Å². The van der Waals surface area contributed by atoms with Gasteiger partial charge in [0.05, 0.1) is 30.7 Å². The Kier molecular flexibility index (Phi) is 15.6. The zero-order valence-electron chi connectivity index (χ0n) is 21.4. The average molecular weight is 539 g/mol. The molecule has 1 atom stereocenters. The van der Waals surface area contributed by atoms with Gasteiger partial charge in [-0.25, -0.2) is 24.0 Å². The van der Waals surface area contributed by atoms with Gasteiger partial charge in [0.1, 0.15) is 33.0 Å². The van der Waals surface area contributed by atoms with Crippen LogP contribution in [0.15, 0.2) is 62.8 Å². The first-order chi connectivity index (χ1) is 17.9. The predicted octanol–water partition coefficient (Wildman–Crippen LogP) is 1.00. The lowest BCUT2D eigenvalue weighted by molar-refractivity contribution is -0.167. The Morgan fingerprint density at radius 3 is 1.24 bits per heavy atom. The molecule has 0 aliphatic carbocycles. The van der Waals surface area contributed by atoms with Crippen molar-refractivity contribution in [2.24, 2.45) is 10.8 Å². The average Bonchev–Trinajstić information content (AvgIpc) is 2.93. The first-order valence-electron chi connectivity index (χ1n) is 11.1. The highest BCUT2D eigenvalue weighted by molar-refractivity contribution is 5.87. The smallest absolute Gasteiger partial charge is 0.333 e. The number of ether oxygens (including phenoxy) is 6. The lowest BCUT2D eigenvalue weighted by Gasteiger charge is -2.34. The molecule has 0 rings (SSSR count). The molecule has 0 aromatic carbocycles. The van der Waals surface area contributed by atoms with Crippen molar-refractivity contribution in [2.45, 2.75) is 6.92 Å². The lowest BCUT2D eigenvalue weighted by atomic mass is 9.90. The quantitative estimate of drug-likeness (QED) is 0.133. The van der Waals surface area contributed by atoms with E-state index in [1.54, 1.807) is 0 Å². The molecule has 0 amide bonds. The standard InChI is InChI=1S/C26H34O12/c1-7-20(28)34-14-25(11-27,15-38-24(32)19(5)6)12-33-13-26(16-35-21(29)8-2,17-36-22(30)9-3)18-37-23(31)10-4/h7-10,27H,1-5,11-18H2,6H3. The van der Waals surface area contributed by atoms with Crippen LogP contribution in [0, 0.1) is 10.8 Å². The molecule has 0 aromatic rings. The molecule has 12 heteroatoms. The summed E-state index contributed by atoms with van der Waals surface area (Å²) < 4.78 is 31.3. The molecule has 0 heterocycles. The van der Waals surface area contributed by atoms with Crippen LogP contribution in [0.5, 0.6) is 0 Å². The van der Waals surface area contributed by atoms with Gasteiger partial charge in [0, 0.05) is 29.9 Å². The maximum atomic E-state index is 11.9. The Hall–Kier alpha value is -4.03. The van der Waals surface area contributed by atoms with Crippen molar-refractivity contribution >= 4 is 29.8 Å². The number of carbonyl (C=O) groups is 5. The molecule has 0 bridgehead atoms. The van der Waals surface area contributed by atoms with E-state index in [1.165, 1.54) is 6.92 Å². The second kappa shape index (κ2) is 17.4. The number of esters is 5. The maximum absolute atomic E-state index is 11.9. The molecule has 0 aromatic heterocycles. The highest BCUT2D eigenvalue weighted by atomic mass is 16.6. The largest absolute Gasteiger partial charge is 0.462 e. The van der Waals surface area contributed by atoms with Gasteiger partial charge in [-0.15, -0.1) is 0 Å². The molecule has 210 valence electrons. The van der Waals surface area contributed by atoms with Crippen molar-refractivity contribution in [3.8, 4) is 0 Å². The molecular formula is C26H34O12. The number of rotatable bonds is 20. The number of carbonyl (C=O) groups excluding carboxylic acids is 5. The Labute approximate surface area is 221 Å². The highest BCUT2D eigenvalue weighted by Crippen LogP contribution is 2.25. The van der Waals surface area contributed by atoms with Crippen molar-refractivity contribution in [3.63, 3.8) is 0 Å². The van der Waals surface area contributed by atoms with Gasteiger partial charge in [0.15, 0.2) is 0 Å². The fourth-order valence-corrected chi connectivity index (χ4v) is 2.47. The topological polar surface area (TPSA) is 161 Å². The molecule has 0 saturated heterocycles. The molecule has 38 heavy (non-hydrogen) atoms. The van der Waals surface area contributed by atoms with Gasteiger partial charge in [-0.05, 0) is 6.92 Å². The van der Waals surface area contributed by atoms with Crippen LogP contribution in [0.25, 0.3) is 0 Å². The second-order valence-corrected chi connectivity index (χ2v) is 8.25. The number of hydrogen-bond acceptors (Lipinski definition) is 12. The minimum atomic E-state index is -1.44. The summed E-state index contributed by atoms with van der Waals surface area (Å²) in [5, 5.41) is 10.1. The van der Waals surface area contributed by atoms with Crippen LogP contribution < -0.4 is 0 Å². The van der Waals surface area contributed by atoms with E-state index >= 15 is 0 Å². The zero-order chi connectivity index (χ0) is 29.2. The number of hydrogen-bond donors (Lipinski definition) is 1. The normalized spacial score (nSPS) is 12.1. The minimum absolute atomic E-state index is 0.0944. The third-order valence-electron chi connectivity index (χ3n) is 4.76. The molecule has 1 unspecified atom stereocenters. The van der Waals surface area contributed by atoms with Gasteiger partial charge in [0.25, 0.3) is 0 Å². The van der Waals surface area contributed by atoms with Gasteiger partial charge in [-0.3, -0.25) is 0 Å². The van der Waals surface area contributed by atoms with Crippen LogP contribution in [0.2, 0.25) is 0 Å². The summed E-state index contributed by atoms with van der Waals surface area (Å²) in [7, 11) is 0. The summed E-state index contributed by atoms with van der Waals surface area (Å²) in [5.41, 5.74) is -2.79. The fourth-order valence-electron chi connectivity index (χ4n) is 2.47. The summed E-state index contributed by atoms with van der Waals surface area (Å²) in [6.45, 7) is 14.5. The zero-order valence-corrected chi connectivity index (χ0v) is 21.4. The molecule has 0 aliphatic heterocycles. The highest BCUT2D eigenvalue weighted by Gasteiger charge is 2.39. The van der Waals surface area contributed by atoms with Crippen molar-refractivity contribution in [1.29, 1.82) is 0 Å².